The van der Waals surface area contributed by atoms with Crippen molar-refractivity contribution in [1.82, 2.24) is 10.2 Å². The van der Waals surface area contributed by atoms with Crippen LogP contribution in [0.2, 0.25) is 0 Å². The van der Waals surface area contributed by atoms with E-state index in [1.807, 2.05) is 0 Å². The van der Waals surface area contributed by atoms with Crippen molar-refractivity contribution >= 4 is 11.9 Å². The molecule has 49 heavy (non-hydrogen) atoms. The van der Waals surface area contributed by atoms with Gasteiger partial charge in [0.1, 0.15) is 29.6 Å². The Labute approximate surface area is 284 Å². The number of hydrogen-bond donors (Lipinski definition) is 9. The molecule has 17 heteroatoms. The van der Waals surface area contributed by atoms with Crippen molar-refractivity contribution in [2.75, 3.05) is 46.6 Å². The molecule has 0 aromatic rings. The Morgan fingerprint density at radius 2 is 1.84 bits per heavy atom. The summed E-state index contributed by atoms with van der Waals surface area (Å²) >= 11 is 0. The van der Waals surface area contributed by atoms with E-state index < -0.39 is 89.9 Å². The third-order valence-electron chi connectivity index (χ3n) is 9.51. The third-order valence-corrected chi connectivity index (χ3v) is 9.51. The Hall–Kier alpha value is -2.52. The molecule has 278 valence electrons. The van der Waals surface area contributed by atoms with Gasteiger partial charge in [-0.25, -0.2) is 4.79 Å². The van der Waals surface area contributed by atoms with E-state index in [1.54, 1.807) is 11.0 Å². The minimum Gasteiger partial charge on any atom is -0.481 e. The van der Waals surface area contributed by atoms with Crippen molar-refractivity contribution in [3.05, 3.63) is 36.6 Å². The maximum Gasteiger partial charge on any atom is 0.342 e. The smallest absolute Gasteiger partial charge is 0.342 e. The number of aliphatic carboxylic acids is 1. The van der Waals surface area contributed by atoms with Crippen LogP contribution in [0.15, 0.2) is 36.6 Å². The van der Waals surface area contributed by atoms with Crippen LogP contribution >= 0.6 is 0 Å². The van der Waals surface area contributed by atoms with E-state index in [1.165, 1.54) is 19.2 Å². The van der Waals surface area contributed by atoms with Gasteiger partial charge < -0.3 is 64.5 Å². The van der Waals surface area contributed by atoms with Gasteiger partial charge in [0.05, 0.1) is 31.8 Å². The first kappa shape index (κ1) is 39.3. The fourth-order valence-electron chi connectivity index (χ4n) is 6.83. The van der Waals surface area contributed by atoms with Crippen LogP contribution in [0.4, 0.5) is 0 Å². The van der Waals surface area contributed by atoms with Gasteiger partial charge in [-0.2, -0.15) is 0 Å². The number of ether oxygens (including phenoxy) is 5. The molecule has 0 spiro atoms. The minimum atomic E-state index is -2.98. The molecule has 0 bridgehead atoms. The fraction of sp³-hybridized carbons (Fsp3) is 0.750. The molecule has 2 saturated heterocycles. The molecule has 4 rings (SSSR count). The van der Waals surface area contributed by atoms with Crippen LogP contribution in [0.5, 0.6) is 0 Å². The molecule has 3 aliphatic heterocycles. The van der Waals surface area contributed by atoms with Gasteiger partial charge in [0.2, 0.25) is 17.9 Å². The molecule has 9 atom stereocenters. The normalized spacial score (nSPS) is 36.4. The number of carbonyl (C=O) groups excluding carboxylic acids is 1. The summed E-state index contributed by atoms with van der Waals surface area (Å²) in [6, 6.07) is 0. The highest BCUT2D eigenvalue weighted by Gasteiger charge is 2.58. The first-order chi connectivity index (χ1) is 23.2. The second kappa shape index (κ2) is 16.7. The van der Waals surface area contributed by atoms with Crippen LogP contribution in [0.1, 0.15) is 38.5 Å². The van der Waals surface area contributed by atoms with Crippen LogP contribution < -0.4 is 5.32 Å². The highest BCUT2D eigenvalue weighted by atomic mass is 16.8. The van der Waals surface area contributed by atoms with Crippen LogP contribution in [-0.4, -0.2) is 152 Å². The molecule has 4 aliphatic rings. The van der Waals surface area contributed by atoms with Crippen molar-refractivity contribution in [3.8, 4) is 0 Å². The summed E-state index contributed by atoms with van der Waals surface area (Å²) < 4.78 is 28.4. The molecule has 3 fully saturated rings. The SMILES string of the molecule is C=C[C@H]1[C@@H](O[C@@H]2O[C@H](CO)[C@@H](O)C(O)(O)[C@@H]2OCNC)OC=C(C(=O)OC2(O)CCCCC2)[C@@]1(O)C=CC1CC(C(=O)O)CN(CCO)C1. The average molecular weight is 703 g/mol. The molecule has 9 N–H and O–H groups in total. The molecule has 3 heterocycles. The molecule has 0 radical (unpaired) electrons. The number of rotatable bonds is 14. The van der Waals surface area contributed by atoms with Gasteiger partial charge in [-0.05, 0) is 32.2 Å². The number of aliphatic hydroxyl groups is 7. The summed E-state index contributed by atoms with van der Waals surface area (Å²) in [6.07, 6.45) is -1.03. The number of carboxylic acids is 1. The van der Waals surface area contributed by atoms with E-state index in [0.717, 1.165) is 12.7 Å². The Kier molecular flexibility index (Phi) is 13.4. The fourth-order valence-corrected chi connectivity index (χ4v) is 6.83. The van der Waals surface area contributed by atoms with E-state index in [2.05, 4.69) is 11.9 Å². The number of β-amino-alcohol motifs (C(OH)–C–C–N with tert-alkyl or cyclic N) is 1. The largest absolute Gasteiger partial charge is 0.481 e. The predicted octanol–water partition coefficient (Wildman–Crippen LogP) is -2.14. The van der Waals surface area contributed by atoms with E-state index in [-0.39, 0.29) is 45.7 Å². The summed E-state index contributed by atoms with van der Waals surface area (Å²) in [5.74, 6) is -9.45. The quantitative estimate of drug-likeness (QED) is 0.0532. The van der Waals surface area contributed by atoms with E-state index in [4.69, 9.17) is 23.7 Å². The average Bonchev–Trinajstić information content (AvgIpc) is 3.05. The van der Waals surface area contributed by atoms with Crippen LogP contribution in [0.3, 0.4) is 0 Å². The zero-order valence-electron chi connectivity index (χ0n) is 27.5. The van der Waals surface area contributed by atoms with Gasteiger partial charge in [0.25, 0.3) is 0 Å². The predicted molar refractivity (Wildman–Crippen MR) is 166 cm³/mol. The molecule has 0 amide bonds. The Morgan fingerprint density at radius 1 is 1.12 bits per heavy atom. The van der Waals surface area contributed by atoms with Crippen molar-refractivity contribution in [1.29, 1.82) is 0 Å². The first-order valence-electron chi connectivity index (χ1n) is 16.5. The maximum absolute atomic E-state index is 13.7. The zero-order valence-corrected chi connectivity index (χ0v) is 27.5. The monoisotopic (exact) mass is 702 g/mol. The topological polar surface area (TPSA) is 257 Å². The molecular formula is C32H50N2O15. The number of nitrogens with zero attached hydrogens (tertiary/aromatic N) is 1. The second-order valence-electron chi connectivity index (χ2n) is 13.1. The number of piperidine rings is 1. The lowest BCUT2D eigenvalue weighted by Crippen LogP contribution is -2.69. The van der Waals surface area contributed by atoms with Gasteiger partial charge >= 0.3 is 11.9 Å². The Bertz CT molecular complexity index is 1210. The lowest BCUT2D eigenvalue weighted by atomic mass is 9.77. The third kappa shape index (κ3) is 8.87. The van der Waals surface area contributed by atoms with E-state index in [9.17, 15) is 50.4 Å². The number of likely N-dealkylation sites (tertiary alicyclic amines) is 1. The first-order valence-corrected chi connectivity index (χ1v) is 16.5. The minimum absolute atomic E-state index is 0.187. The summed E-state index contributed by atoms with van der Waals surface area (Å²) in [7, 11) is 1.51. The molecular weight excluding hydrogens is 652 g/mol. The van der Waals surface area contributed by atoms with Gasteiger partial charge in [-0.3, -0.25) is 15.0 Å². The highest BCUT2D eigenvalue weighted by Crippen LogP contribution is 2.42. The Morgan fingerprint density at radius 3 is 2.45 bits per heavy atom. The second-order valence-corrected chi connectivity index (χ2v) is 13.1. The number of nitrogens with one attached hydrogen (secondary N) is 1. The van der Waals surface area contributed by atoms with Crippen molar-refractivity contribution in [2.24, 2.45) is 17.8 Å². The molecule has 0 aromatic heterocycles. The number of carbonyl (C=O) groups is 2. The Balaban J connectivity index is 1.70. The number of aliphatic hydroxyl groups excluding tert-OH is 3. The highest BCUT2D eigenvalue weighted by molar-refractivity contribution is 5.91. The summed E-state index contributed by atoms with van der Waals surface area (Å²) in [6.45, 7) is 3.31. The lowest BCUT2D eigenvalue weighted by molar-refractivity contribution is -0.412. The van der Waals surface area contributed by atoms with Gasteiger partial charge in [0, 0.05) is 32.5 Å². The van der Waals surface area contributed by atoms with Crippen molar-refractivity contribution < 1.29 is 74.1 Å². The zero-order chi connectivity index (χ0) is 36.0. The molecule has 17 nitrogen and oxygen atoms in total. The van der Waals surface area contributed by atoms with Crippen LogP contribution in [0.25, 0.3) is 0 Å². The lowest BCUT2D eigenvalue weighted by Gasteiger charge is -2.48. The number of carboxylic acid groups (broad SMARTS) is 1. The van der Waals surface area contributed by atoms with Crippen LogP contribution in [0, 0.1) is 17.8 Å². The maximum atomic E-state index is 13.7. The molecule has 1 aliphatic carbocycles. The van der Waals surface area contributed by atoms with Crippen molar-refractivity contribution in [3.63, 3.8) is 0 Å². The van der Waals surface area contributed by atoms with E-state index >= 15 is 0 Å². The number of hydrogen-bond acceptors (Lipinski definition) is 16. The van der Waals surface area contributed by atoms with Gasteiger partial charge in [-0.1, -0.05) is 24.6 Å². The van der Waals surface area contributed by atoms with Gasteiger partial charge in [-0.15, -0.1) is 6.58 Å². The molecule has 0 aromatic carbocycles. The van der Waals surface area contributed by atoms with E-state index in [0.29, 0.717) is 19.4 Å². The summed E-state index contributed by atoms with van der Waals surface area (Å²) in [5, 5.41) is 87.1. The summed E-state index contributed by atoms with van der Waals surface area (Å²) in [4.78, 5) is 27.4. The van der Waals surface area contributed by atoms with Crippen LogP contribution in [-0.2, 0) is 33.3 Å². The molecule has 2 unspecified atom stereocenters. The standard InChI is InChI=1S/C32H50N2O15/c1-3-21-28(48-29-25(46-18-33-2)32(43,44)24(37)23(16-36)47-29)45-17-22(27(40)49-30(41)8-5-4-6-9-30)31(21,42)10-7-19-13-20(26(38)39)15-34(14-19)11-12-35/h3,7,10,17,19-21,23-25,28-29,33,35-37,41-44H,1,4-6,8-9,11-16,18H2,2H3,(H,38,39)/t19?,20?,21-,23+,24+,25+,28+,29-,31+/m0/s1. The number of esters is 1. The van der Waals surface area contributed by atoms with Crippen molar-refractivity contribution in [2.45, 2.75) is 86.6 Å². The molecule has 1 saturated carbocycles. The summed E-state index contributed by atoms with van der Waals surface area (Å²) in [5.41, 5.74) is -2.74. The van der Waals surface area contributed by atoms with Gasteiger partial charge in [0.15, 0.2) is 12.4 Å².